The van der Waals surface area contributed by atoms with E-state index in [2.05, 4.69) is 20.5 Å². The molecule has 2 heterocycles. The molecule has 0 aliphatic heterocycles. The molecule has 142 valence electrons. The molecule has 0 radical (unpaired) electrons. The van der Waals surface area contributed by atoms with Crippen LogP contribution in [0.1, 0.15) is 11.4 Å². The Morgan fingerprint density at radius 2 is 2.04 bits per heavy atom. The van der Waals surface area contributed by atoms with E-state index in [0.717, 1.165) is 17.1 Å². The topological polar surface area (TPSA) is 72.7 Å². The summed E-state index contributed by atoms with van der Waals surface area (Å²) in [4.78, 5) is 16.7. The second-order valence-corrected chi connectivity index (χ2v) is 8.09. The maximum Gasteiger partial charge on any atom is 0.236 e. The number of carbonyl (C=O) groups is 1. The molecule has 9 heteroatoms. The first-order chi connectivity index (χ1) is 13.5. The summed E-state index contributed by atoms with van der Waals surface area (Å²) in [5.74, 6) is 0.385. The van der Waals surface area contributed by atoms with Gasteiger partial charge in [0.1, 0.15) is 11.6 Å². The Morgan fingerprint density at radius 1 is 1.21 bits per heavy atom. The minimum atomic E-state index is -0.324. The first-order valence-electron chi connectivity index (χ1n) is 8.48. The van der Waals surface area contributed by atoms with Crippen molar-refractivity contribution >= 4 is 44.4 Å². The van der Waals surface area contributed by atoms with Crippen LogP contribution in [0.15, 0.2) is 47.6 Å². The van der Waals surface area contributed by atoms with E-state index < -0.39 is 0 Å². The molecule has 0 spiro atoms. The largest absolute Gasteiger partial charge is 0.301 e. The monoisotopic (exact) mass is 413 g/mol. The highest BCUT2D eigenvalue weighted by Gasteiger charge is 2.15. The minimum absolute atomic E-state index is 0.161. The Hall–Kier alpha value is -2.78. The van der Waals surface area contributed by atoms with Gasteiger partial charge in [-0.2, -0.15) is 0 Å². The normalized spacial score (nSPS) is 11.1. The van der Waals surface area contributed by atoms with E-state index in [1.54, 1.807) is 6.07 Å². The van der Waals surface area contributed by atoms with E-state index in [1.165, 1.54) is 35.2 Å². The van der Waals surface area contributed by atoms with Crippen molar-refractivity contribution in [3.8, 4) is 5.69 Å². The van der Waals surface area contributed by atoms with Crippen molar-refractivity contribution in [2.75, 3.05) is 11.1 Å². The lowest BCUT2D eigenvalue weighted by Gasteiger charge is -2.10. The summed E-state index contributed by atoms with van der Waals surface area (Å²) in [6.45, 7) is 3.90. The van der Waals surface area contributed by atoms with Crippen LogP contribution in [0.3, 0.4) is 0 Å². The second kappa shape index (κ2) is 7.69. The highest BCUT2D eigenvalue weighted by atomic mass is 32.2. The number of benzene rings is 2. The van der Waals surface area contributed by atoms with Gasteiger partial charge in [0.2, 0.25) is 5.91 Å². The van der Waals surface area contributed by atoms with E-state index in [9.17, 15) is 9.18 Å². The number of hydrogen-bond donors (Lipinski definition) is 1. The van der Waals surface area contributed by atoms with Gasteiger partial charge < -0.3 is 5.32 Å². The maximum atomic E-state index is 13.3. The number of carbonyl (C=O) groups excluding carboxylic acids is 1. The quantitative estimate of drug-likeness (QED) is 0.492. The lowest BCUT2D eigenvalue weighted by Crippen LogP contribution is -2.14. The van der Waals surface area contributed by atoms with Crippen LogP contribution in [0, 0.1) is 19.7 Å². The molecule has 0 saturated carbocycles. The Kier molecular flexibility index (Phi) is 5.10. The number of anilines is 1. The Bertz CT molecular complexity index is 1170. The van der Waals surface area contributed by atoms with Crippen LogP contribution in [-0.2, 0) is 4.79 Å². The third-order valence-corrected chi connectivity index (χ3v) is 5.94. The van der Waals surface area contributed by atoms with E-state index in [0.29, 0.717) is 20.5 Å². The number of nitrogens with one attached hydrogen (secondary N) is 1. The molecule has 0 unspecified atom stereocenters. The molecule has 1 N–H and O–H groups in total. The molecule has 0 saturated heterocycles. The van der Waals surface area contributed by atoms with Gasteiger partial charge in [-0.15, -0.1) is 10.2 Å². The van der Waals surface area contributed by atoms with Crippen molar-refractivity contribution in [1.29, 1.82) is 0 Å². The standard InChI is InChI=1S/C19H16FN5OS2/c1-11-5-3-4-6-15(11)25-12(2)23-24-19(25)27-10-17(26)22-18-21-14-8-7-13(20)9-16(14)28-18/h3-9H,10H2,1-2H3,(H,21,22,26). The van der Waals surface area contributed by atoms with Gasteiger partial charge in [-0.1, -0.05) is 41.3 Å². The lowest BCUT2D eigenvalue weighted by atomic mass is 10.2. The second-order valence-electron chi connectivity index (χ2n) is 6.12. The average molecular weight is 414 g/mol. The van der Waals surface area contributed by atoms with E-state index in [4.69, 9.17) is 0 Å². The number of hydrogen-bond acceptors (Lipinski definition) is 6. The van der Waals surface area contributed by atoms with Crippen LogP contribution in [0.5, 0.6) is 0 Å². The fourth-order valence-electron chi connectivity index (χ4n) is 2.77. The molecule has 28 heavy (non-hydrogen) atoms. The average Bonchev–Trinajstić information content (AvgIpc) is 3.22. The number of fused-ring (bicyclic) bond motifs is 1. The molecule has 4 rings (SSSR count). The number of aromatic nitrogens is 4. The molecule has 4 aromatic rings. The van der Waals surface area contributed by atoms with Gasteiger partial charge in [0.15, 0.2) is 10.3 Å². The Balaban J connectivity index is 1.47. The van der Waals surface area contributed by atoms with Crippen molar-refractivity contribution in [3.05, 3.63) is 59.7 Å². The molecule has 2 aromatic carbocycles. The summed E-state index contributed by atoms with van der Waals surface area (Å²) in [5.41, 5.74) is 2.74. The number of aryl methyl sites for hydroxylation is 2. The van der Waals surface area contributed by atoms with E-state index >= 15 is 0 Å². The van der Waals surface area contributed by atoms with Crippen molar-refractivity contribution in [2.45, 2.75) is 19.0 Å². The van der Waals surface area contributed by atoms with Crippen LogP contribution >= 0.6 is 23.1 Å². The molecular weight excluding hydrogens is 397 g/mol. The fraction of sp³-hybridized carbons (Fsp3) is 0.158. The predicted octanol–water partition coefficient (Wildman–Crippen LogP) is 4.36. The van der Waals surface area contributed by atoms with Crippen molar-refractivity contribution in [2.24, 2.45) is 0 Å². The molecule has 2 aromatic heterocycles. The fourth-order valence-corrected chi connectivity index (χ4v) is 4.46. The summed E-state index contributed by atoms with van der Waals surface area (Å²) >= 11 is 2.54. The van der Waals surface area contributed by atoms with Gasteiger partial charge in [0.05, 0.1) is 21.7 Å². The van der Waals surface area contributed by atoms with Gasteiger partial charge >= 0.3 is 0 Å². The maximum absolute atomic E-state index is 13.3. The predicted molar refractivity (Wildman–Crippen MR) is 110 cm³/mol. The minimum Gasteiger partial charge on any atom is -0.301 e. The van der Waals surface area contributed by atoms with Crippen LogP contribution in [0.4, 0.5) is 9.52 Å². The smallest absolute Gasteiger partial charge is 0.236 e. The van der Waals surface area contributed by atoms with E-state index in [-0.39, 0.29) is 17.5 Å². The zero-order valence-corrected chi connectivity index (χ0v) is 16.8. The highest BCUT2D eigenvalue weighted by molar-refractivity contribution is 7.99. The number of nitrogens with zero attached hydrogens (tertiary/aromatic N) is 4. The lowest BCUT2D eigenvalue weighted by molar-refractivity contribution is -0.113. The molecular formula is C19H16FN5OS2. The van der Waals surface area contributed by atoms with Crippen LogP contribution < -0.4 is 5.32 Å². The van der Waals surface area contributed by atoms with Gasteiger partial charge in [0, 0.05) is 0 Å². The SMILES string of the molecule is Cc1ccccc1-n1c(C)nnc1SCC(=O)Nc1nc2ccc(F)cc2s1. The van der Waals surface area contributed by atoms with Crippen molar-refractivity contribution in [1.82, 2.24) is 19.7 Å². The van der Waals surface area contributed by atoms with Gasteiger partial charge in [-0.25, -0.2) is 9.37 Å². The third-order valence-electron chi connectivity index (χ3n) is 4.08. The van der Waals surface area contributed by atoms with Gasteiger partial charge in [0.25, 0.3) is 0 Å². The number of thiazole rings is 1. The van der Waals surface area contributed by atoms with Gasteiger partial charge in [-0.05, 0) is 43.7 Å². The Morgan fingerprint density at radius 3 is 2.86 bits per heavy atom. The summed E-state index contributed by atoms with van der Waals surface area (Å²) in [5, 5.41) is 12.2. The van der Waals surface area contributed by atoms with Crippen LogP contribution in [0.2, 0.25) is 0 Å². The van der Waals surface area contributed by atoms with Gasteiger partial charge in [-0.3, -0.25) is 9.36 Å². The first kappa shape index (κ1) is 18.6. The summed E-state index contributed by atoms with van der Waals surface area (Å²) in [6, 6.07) is 12.3. The van der Waals surface area contributed by atoms with Crippen molar-refractivity contribution in [3.63, 3.8) is 0 Å². The summed E-state index contributed by atoms with van der Waals surface area (Å²) in [6.07, 6.45) is 0. The first-order valence-corrected chi connectivity index (χ1v) is 10.3. The molecule has 0 aliphatic carbocycles. The molecule has 0 fully saturated rings. The zero-order chi connectivity index (χ0) is 19.7. The molecule has 0 aliphatic rings. The summed E-state index contributed by atoms with van der Waals surface area (Å²) < 4.78 is 15.9. The van der Waals surface area contributed by atoms with Crippen LogP contribution in [-0.4, -0.2) is 31.4 Å². The zero-order valence-electron chi connectivity index (χ0n) is 15.1. The molecule has 1 amide bonds. The number of amides is 1. The number of halogens is 1. The van der Waals surface area contributed by atoms with Crippen LogP contribution in [0.25, 0.3) is 15.9 Å². The van der Waals surface area contributed by atoms with Crippen molar-refractivity contribution < 1.29 is 9.18 Å². The number of rotatable bonds is 5. The highest BCUT2D eigenvalue weighted by Crippen LogP contribution is 2.27. The van der Waals surface area contributed by atoms with E-state index in [1.807, 2.05) is 42.7 Å². The molecule has 0 bridgehead atoms. The number of para-hydroxylation sites is 1. The Labute approximate surface area is 168 Å². The third kappa shape index (κ3) is 3.76. The molecule has 6 nitrogen and oxygen atoms in total. The molecule has 0 atom stereocenters. The summed E-state index contributed by atoms with van der Waals surface area (Å²) in [7, 11) is 0. The number of thioether (sulfide) groups is 1.